The van der Waals surface area contributed by atoms with E-state index >= 15 is 0 Å². The van der Waals surface area contributed by atoms with E-state index in [0.29, 0.717) is 22.2 Å². The standard InChI is InChI=1S/C34H31N3O4/c1-3-18-36(34(40)35-30-15-9-13-26-12-7-8-14-28(26)30)22-32(38)37(20-25-10-5-4-6-11-25)21-27-23-41-31-17-16-24(2)19-29(31)33(27)39/h3-17,19,23H,1,18,20-22H2,2H3,(H,35,40). The molecule has 1 N–H and O–H groups in total. The molecule has 0 aliphatic carbocycles. The normalized spacial score (nSPS) is 10.9. The molecule has 0 atom stereocenters. The van der Waals surface area contributed by atoms with E-state index in [0.717, 1.165) is 21.9 Å². The molecule has 0 spiro atoms. The Balaban J connectivity index is 1.40. The van der Waals surface area contributed by atoms with E-state index in [1.54, 1.807) is 23.1 Å². The lowest BCUT2D eigenvalue weighted by Gasteiger charge is -2.27. The molecule has 1 aromatic heterocycles. The zero-order chi connectivity index (χ0) is 28.8. The second-order valence-electron chi connectivity index (χ2n) is 9.95. The Hall–Kier alpha value is -5.17. The molecule has 0 fully saturated rings. The van der Waals surface area contributed by atoms with E-state index in [9.17, 15) is 14.4 Å². The number of anilines is 1. The molecular formula is C34H31N3O4. The maximum atomic E-state index is 13.8. The Labute approximate surface area is 238 Å². The van der Waals surface area contributed by atoms with Gasteiger partial charge in [0.25, 0.3) is 0 Å². The molecule has 0 saturated carbocycles. The zero-order valence-electron chi connectivity index (χ0n) is 22.9. The molecule has 206 valence electrons. The quantitative estimate of drug-likeness (QED) is 0.214. The number of benzene rings is 4. The summed E-state index contributed by atoms with van der Waals surface area (Å²) >= 11 is 0. The first-order valence-electron chi connectivity index (χ1n) is 13.4. The summed E-state index contributed by atoms with van der Waals surface area (Å²) in [4.78, 5) is 43.5. The Morgan fingerprint density at radius 2 is 1.63 bits per heavy atom. The van der Waals surface area contributed by atoms with Crippen LogP contribution in [0.15, 0.2) is 119 Å². The van der Waals surface area contributed by atoms with Gasteiger partial charge in [0.15, 0.2) is 5.43 Å². The fraction of sp³-hybridized carbons (Fsp3) is 0.147. The van der Waals surface area contributed by atoms with Gasteiger partial charge in [0, 0.05) is 18.5 Å². The van der Waals surface area contributed by atoms with Crippen molar-refractivity contribution in [1.29, 1.82) is 0 Å². The second kappa shape index (κ2) is 12.3. The molecule has 7 nitrogen and oxygen atoms in total. The summed E-state index contributed by atoms with van der Waals surface area (Å²) in [7, 11) is 0. The van der Waals surface area contributed by atoms with Crippen molar-refractivity contribution in [1.82, 2.24) is 9.80 Å². The Morgan fingerprint density at radius 1 is 0.878 bits per heavy atom. The summed E-state index contributed by atoms with van der Waals surface area (Å²) in [6, 6.07) is 28.0. The lowest BCUT2D eigenvalue weighted by Crippen LogP contribution is -2.44. The molecular weight excluding hydrogens is 514 g/mol. The van der Waals surface area contributed by atoms with Gasteiger partial charge >= 0.3 is 6.03 Å². The largest absolute Gasteiger partial charge is 0.464 e. The van der Waals surface area contributed by atoms with Crippen molar-refractivity contribution in [2.45, 2.75) is 20.0 Å². The maximum Gasteiger partial charge on any atom is 0.322 e. The van der Waals surface area contributed by atoms with Crippen LogP contribution in [0, 0.1) is 6.92 Å². The van der Waals surface area contributed by atoms with Gasteiger partial charge in [-0.3, -0.25) is 9.59 Å². The summed E-state index contributed by atoms with van der Waals surface area (Å²) in [6.07, 6.45) is 3.00. The molecule has 41 heavy (non-hydrogen) atoms. The maximum absolute atomic E-state index is 13.8. The summed E-state index contributed by atoms with van der Waals surface area (Å²) in [5.74, 6) is -0.312. The minimum absolute atomic E-state index is 0.0345. The first-order valence-corrected chi connectivity index (χ1v) is 13.4. The Kier molecular flexibility index (Phi) is 8.25. The number of hydrogen-bond donors (Lipinski definition) is 1. The van der Waals surface area contributed by atoms with Crippen molar-refractivity contribution in [2.24, 2.45) is 0 Å². The van der Waals surface area contributed by atoms with Gasteiger partial charge in [0.1, 0.15) is 12.1 Å². The van der Waals surface area contributed by atoms with Gasteiger partial charge in [-0.2, -0.15) is 0 Å². The Morgan fingerprint density at radius 3 is 2.44 bits per heavy atom. The fourth-order valence-corrected chi connectivity index (χ4v) is 4.80. The van der Waals surface area contributed by atoms with Crippen LogP contribution >= 0.6 is 0 Å². The zero-order valence-corrected chi connectivity index (χ0v) is 22.9. The lowest BCUT2D eigenvalue weighted by atomic mass is 10.1. The van der Waals surface area contributed by atoms with Crippen LogP contribution in [0.4, 0.5) is 10.5 Å². The van der Waals surface area contributed by atoms with Gasteiger partial charge in [-0.1, -0.05) is 84.4 Å². The van der Waals surface area contributed by atoms with Crippen molar-refractivity contribution in [3.63, 3.8) is 0 Å². The van der Waals surface area contributed by atoms with Gasteiger partial charge in [0.05, 0.1) is 29.4 Å². The van der Waals surface area contributed by atoms with Crippen LogP contribution in [-0.4, -0.2) is 34.8 Å². The summed E-state index contributed by atoms with van der Waals surface area (Å²) < 4.78 is 5.74. The number of amides is 3. The highest BCUT2D eigenvalue weighted by Crippen LogP contribution is 2.23. The van der Waals surface area contributed by atoms with Crippen molar-refractivity contribution in [3.05, 3.63) is 137 Å². The molecule has 0 saturated heterocycles. The van der Waals surface area contributed by atoms with Gasteiger partial charge in [-0.25, -0.2) is 4.79 Å². The average Bonchev–Trinajstić information content (AvgIpc) is 2.99. The highest BCUT2D eigenvalue weighted by Gasteiger charge is 2.23. The summed E-state index contributed by atoms with van der Waals surface area (Å²) in [5, 5.41) is 5.32. The molecule has 0 aliphatic rings. The lowest BCUT2D eigenvalue weighted by molar-refractivity contribution is -0.133. The van der Waals surface area contributed by atoms with Crippen LogP contribution in [0.5, 0.6) is 0 Å². The minimum atomic E-state index is -0.421. The van der Waals surface area contributed by atoms with Crippen molar-refractivity contribution >= 4 is 39.4 Å². The number of carbonyl (C=O) groups is 2. The van der Waals surface area contributed by atoms with E-state index in [-0.39, 0.29) is 37.5 Å². The first-order chi connectivity index (χ1) is 19.9. The summed E-state index contributed by atoms with van der Waals surface area (Å²) in [6.45, 7) is 5.95. The van der Waals surface area contributed by atoms with Gasteiger partial charge in [0.2, 0.25) is 5.91 Å². The van der Waals surface area contributed by atoms with Crippen LogP contribution in [0.1, 0.15) is 16.7 Å². The van der Waals surface area contributed by atoms with Gasteiger partial charge < -0.3 is 19.5 Å². The molecule has 5 rings (SSSR count). The van der Waals surface area contributed by atoms with E-state index in [1.807, 2.05) is 85.8 Å². The SMILES string of the molecule is C=CCN(CC(=O)N(Cc1ccccc1)Cc1coc2ccc(C)cc2c1=O)C(=O)Nc1cccc2ccccc12. The van der Waals surface area contributed by atoms with E-state index in [1.165, 1.54) is 11.2 Å². The third-order valence-electron chi connectivity index (χ3n) is 6.92. The molecule has 0 bridgehead atoms. The Bertz CT molecular complexity index is 1770. The monoisotopic (exact) mass is 545 g/mol. The van der Waals surface area contributed by atoms with Crippen LogP contribution in [0.3, 0.4) is 0 Å². The number of aryl methyl sites for hydroxylation is 1. The van der Waals surface area contributed by atoms with Crippen molar-refractivity contribution < 1.29 is 14.0 Å². The molecule has 0 unspecified atom stereocenters. The number of carbonyl (C=O) groups excluding carboxylic acids is 2. The second-order valence-corrected chi connectivity index (χ2v) is 9.95. The molecule has 0 radical (unpaired) electrons. The predicted molar refractivity (Wildman–Crippen MR) is 163 cm³/mol. The van der Waals surface area contributed by atoms with Crippen LogP contribution in [0.2, 0.25) is 0 Å². The molecule has 7 heteroatoms. The average molecular weight is 546 g/mol. The number of fused-ring (bicyclic) bond motifs is 2. The van der Waals surface area contributed by atoms with Gasteiger partial charge in [-0.05, 0) is 36.1 Å². The predicted octanol–water partition coefficient (Wildman–Crippen LogP) is 6.50. The van der Waals surface area contributed by atoms with Crippen LogP contribution < -0.4 is 10.7 Å². The smallest absolute Gasteiger partial charge is 0.322 e. The van der Waals surface area contributed by atoms with Crippen LogP contribution in [0.25, 0.3) is 21.7 Å². The highest BCUT2D eigenvalue weighted by molar-refractivity contribution is 6.02. The number of rotatable bonds is 9. The number of urea groups is 1. The highest BCUT2D eigenvalue weighted by atomic mass is 16.3. The van der Waals surface area contributed by atoms with Crippen LogP contribution in [-0.2, 0) is 17.9 Å². The van der Waals surface area contributed by atoms with E-state index in [2.05, 4.69) is 11.9 Å². The molecule has 5 aromatic rings. The number of nitrogens with one attached hydrogen (secondary N) is 1. The van der Waals surface area contributed by atoms with Gasteiger partial charge in [-0.15, -0.1) is 6.58 Å². The van der Waals surface area contributed by atoms with Crippen molar-refractivity contribution in [2.75, 3.05) is 18.4 Å². The molecule has 1 heterocycles. The third-order valence-corrected chi connectivity index (χ3v) is 6.92. The van der Waals surface area contributed by atoms with E-state index < -0.39 is 6.03 Å². The number of hydrogen-bond acceptors (Lipinski definition) is 4. The fourth-order valence-electron chi connectivity index (χ4n) is 4.80. The third kappa shape index (κ3) is 6.36. The molecule has 3 amide bonds. The minimum Gasteiger partial charge on any atom is -0.464 e. The first kappa shape index (κ1) is 27.4. The van der Waals surface area contributed by atoms with E-state index in [4.69, 9.17) is 4.42 Å². The number of nitrogens with zero attached hydrogens (tertiary/aromatic N) is 2. The molecule has 0 aliphatic heterocycles. The molecule has 4 aromatic carbocycles. The topological polar surface area (TPSA) is 82.9 Å². The summed E-state index contributed by atoms with van der Waals surface area (Å²) in [5.41, 5.74) is 3.17. The van der Waals surface area contributed by atoms with Crippen molar-refractivity contribution in [3.8, 4) is 0 Å².